The minimum atomic E-state index is 0.342. The minimum absolute atomic E-state index is 0.342. The molecule has 17 heavy (non-hydrogen) atoms. The average molecular weight is 250 g/mol. The zero-order valence-corrected chi connectivity index (χ0v) is 10.1. The Balaban J connectivity index is 2.07. The maximum atomic E-state index is 5.89. The molecule has 0 amide bonds. The predicted octanol–water partition coefficient (Wildman–Crippen LogP) is 2.60. The van der Waals surface area contributed by atoms with Crippen molar-refractivity contribution < 1.29 is 4.74 Å². The van der Waals surface area contributed by atoms with Crippen molar-refractivity contribution in [3.05, 3.63) is 46.9 Å². The molecule has 1 aromatic heterocycles. The van der Waals surface area contributed by atoms with Gasteiger partial charge in [0.15, 0.2) is 0 Å². The molecule has 0 saturated heterocycles. The number of aromatic nitrogens is 2. The van der Waals surface area contributed by atoms with Crippen molar-refractivity contribution in [1.29, 1.82) is 0 Å². The first-order valence-corrected chi connectivity index (χ1v) is 5.48. The van der Waals surface area contributed by atoms with Gasteiger partial charge in [-0.3, -0.25) is 4.98 Å². The molecule has 0 fully saturated rings. The first kappa shape index (κ1) is 11.7. The molecule has 0 aliphatic carbocycles. The lowest BCUT2D eigenvalue weighted by Crippen LogP contribution is -2.01. The third kappa shape index (κ3) is 3.07. The number of benzene rings is 1. The molecule has 0 spiro atoms. The van der Waals surface area contributed by atoms with Gasteiger partial charge < -0.3 is 10.5 Å². The van der Waals surface area contributed by atoms with E-state index in [1.54, 1.807) is 12.3 Å². The third-order valence-corrected chi connectivity index (χ3v) is 2.49. The van der Waals surface area contributed by atoms with Crippen molar-refractivity contribution in [3.8, 4) is 5.75 Å². The summed E-state index contributed by atoms with van der Waals surface area (Å²) in [7, 11) is 0. The van der Waals surface area contributed by atoms with E-state index in [4.69, 9.17) is 22.1 Å². The number of nitrogen functional groups attached to an aromatic ring is 1. The maximum Gasteiger partial charge on any atom is 0.141 e. The van der Waals surface area contributed by atoms with Crippen LogP contribution in [-0.4, -0.2) is 9.97 Å². The highest BCUT2D eigenvalue weighted by molar-refractivity contribution is 6.30. The average Bonchev–Trinajstić information content (AvgIpc) is 2.32. The van der Waals surface area contributed by atoms with Crippen LogP contribution in [0.15, 0.2) is 30.6 Å². The van der Waals surface area contributed by atoms with Gasteiger partial charge in [0.2, 0.25) is 0 Å². The van der Waals surface area contributed by atoms with Crippen LogP contribution in [0.4, 0.5) is 5.82 Å². The standard InChI is InChI=1S/C12H12ClN3O/c1-8-2-3-9(13)4-11(8)17-7-10-5-16-12(14)6-15-10/h2-6H,7H2,1H3,(H2,14,16). The van der Waals surface area contributed by atoms with Crippen molar-refractivity contribution in [2.75, 3.05) is 5.73 Å². The summed E-state index contributed by atoms with van der Waals surface area (Å²) in [6.07, 6.45) is 3.10. The van der Waals surface area contributed by atoms with Crippen molar-refractivity contribution in [2.24, 2.45) is 0 Å². The number of hydrogen-bond donors (Lipinski definition) is 1. The molecule has 0 unspecified atom stereocenters. The summed E-state index contributed by atoms with van der Waals surface area (Å²) in [5, 5.41) is 0.647. The van der Waals surface area contributed by atoms with E-state index >= 15 is 0 Å². The normalized spacial score (nSPS) is 10.2. The molecule has 0 aliphatic rings. The topological polar surface area (TPSA) is 61.0 Å². The zero-order chi connectivity index (χ0) is 12.3. The molecule has 2 N–H and O–H groups in total. The molecule has 1 heterocycles. The second-order valence-corrected chi connectivity index (χ2v) is 4.07. The Hall–Kier alpha value is -1.81. The van der Waals surface area contributed by atoms with Crippen molar-refractivity contribution in [2.45, 2.75) is 13.5 Å². The van der Waals surface area contributed by atoms with Crippen LogP contribution < -0.4 is 10.5 Å². The predicted molar refractivity (Wildman–Crippen MR) is 67.0 cm³/mol. The molecule has 2 rings (SSSR count). The van der Waals surface area contributed by atoms with Crippen LogP contribution in [-0.2, 0) is 6.61 Å². The number of nitrogens with zero attached hydrogens (tertiary/aromatic N) is 2. The van der Waals surface area contributed by atoms with Gasteiger partial charge >= 0.3 is 0 Å². The summed E-state index contributed by atoms with van der Waals surface area (Å²) in [5.74, 6) is 1.14. The van der Waals surface area contributed by atoms with Gasteiger partial charge in [-0.05, 0) is 24.6 Å². The number of anilines is 1. The summed E-state index contributed by atoms with van der Waals surface area (Å²) < 4.78 is 5.62. The number of nitrogens with two attached hydrogens (primary N) is 1. The Morgan fingerprint density at radius 3 is 2.82 bits per heavy atom. The van der Waals surface area contributed by atoms with Crippen molar-refractivity contribution in [1.82, 2.24) is 9.97 Å². The lowest BCUT2D eigenvalue weighted by molar-refractivity contribution is 0.299. The first-order valence-electron chi connectivity index (χ1n) is 5.10. The lowest BCUT2D eigenvalue weighted by Gasteiger charge is -2.08. The molecule has 4 nitrogen and oxygen atoms in total. The molecule has 0 aliphatic heterocycles. The van der Waals surface area contributed by atoms with E-state index in [9.17, 15) is 0 Å². The van der Waals surface area contributed by atoms with E-state index in [1.807, 2.05) is 19.1 Å². The van der Waals surface area contributed by atoms with Crippen molar-refractivity contribution in [3.63, 3.8) is 0 Å². The maximum absolute atomic E-state index is 5.89. The van der Waals surface area contributed by atoms with E-state index in [-0.39, 0.29) is 0 Å². The molecule has 2 aromatic rings. The molecule has 0 radical (unpaired) electrons. The quantitative estimate of drug-likeness (QED) is 0.908. The summed E-state index contributed by atoms with van der Waals surface area (Å²) >= 11 is 5.89. The number of halogens is 1. The summed E-state index contributed by atoms with van der Waals surface area (Å²) in [6.45, 7) is 2.30. The Morgan fingerprint density at radius 1 is 1.29 bits per heavy atom. The van der Waals surface area contributed by atoms with Gasteiger partial charge in [0.25, 0.3) is 0 Å². The summed E-state index contributed by atoms with van der Waals surface area (Å²) in [5.41, 5.74) is 7.19. The molecule has 0 saturated carbocycles. The van der Waals surface area contributed by atoms with Crippen LogP contribution in [0.3, 0.4) is 0 Å². The van der Waals surface area contributed by atoms with Crippen LogP contribution in [0.25, 0.3) is 0 Å². The fourth-order valence-electron chi connectivity index (χ4n) is 1.32. The highest BCUT2D eigenvalue weighted by Gasteiger charge is 2.02. The number of rotatable bonds is 3. The van der Waals surface area contributed by atoms with Gasteiger partial charge in [-0.25, -0.2) is 4.98 Å². The fraction of sp³-hybridized carbons (Fsp3) is 0.167. The van der Waals surface area contributed by atoms with Gasteiger partial charge in [0.1, 0.15) is 18.2 Å². The Morgan fingerprint density at radius 2 is 2.12 bits per heavy atom. The molecule has 88 valence electrons. The largest absolute Gasteiger partial charge is 0.487 e. The van der Waals surface area contributed by atoms with E-state index in [2.05, 4.69) is 9.97 Å². The van der Waals surface area contributed by atoms with Gasteiger partial charge in [0.05, 0.1) is 18.1 Å². The smallest absolute Gasteiger partial charge is 0.141 e. The highest BCUT2D eigenvalue weighted by atomic mass is 35.5. The second-order valence-electron chi connectivity index (χ2n) is 3.63. The molecular formula is C12H12ClN3O. The van der Waals surface area contributed by atoms with Crippen LogP contribution in [0, 0.1) is 6.92 Å². The Kier molecular flexibility index (Phi) is 3.44. The number of hydrogen-bond acceptors (Lipinski definition) is 4. The summed E-state index contributed by atoms with van der Waals surface area (Å²) in [4.78, 5) is 8.04. The Bertz CT molecular complexity index is 514. The SMILES string of the molecule is Cc1ccc(Cl)cc1OCc1cnc(N)cn1. The van der Waals surface area contributed by atoms with Crippen LogP contribution in [0.5, 0.6) is 5.75 Å². The zero-order valence-electron chi connectivity index (χ0n) is 9.35. The minimum Gasteiger partial charge on any atom is -0.487 e. The third-order valence-electron chi connectivity index (χ3n) is 2.25. The van der Waals surface area contributed by atoms with E-state index in [1.165, 1.54) is 6.20 Å². The van der Waals surface area contributed by atoms with Crippen LogP contribution in [0.1, 0.15) is 11.3 Å². The first-order chi connectivity index (χ1) is 8.15. The van der Waals surface area contributed by atoms with Gasteiger partial charge in [0, 0.05) is 5.02 Å². The second kappa shape index (κ2) is 5.01. The lowest BCUT2D eigenvalue weighted by atomic mass is 10.2. The van der Waals surface area contributed by atoms with Crippen molar-refractivity contribution >= 4 is 17.4 Å². The molecule has 1 aromatic carbocycles. The molecule has 0 bridgehead atoms. The monoisotopic (exact) mass is 249 g/mol. The van der Waals surface area contributed by atoms with Gasteiger partial charge in [-0.15, -0.1) is 0 Å². The van der Waals surface area contributed by atoms with Crippen LogP contribution >= 0.6 is 11.6 Å². The fourth-order valence-corrected chi connectivity index (χ4v) is 1.48. The highest BCUT2D eigenvalue weighted by Crippen LogP contribution is 2.23. The van der Waals surface area contributed by atoms with E-state index in [0.29, 0.717) is 17.4 Å². The van der Waals surface area contributed by atoms with E-state index in [0.717, 1.165) is 17.0 Å². The molecule has 5 heteroatoms. The van der Waals surface area contributed by atoms with Crippen LogP contribution in [0.2, 0.25) is 5.02 Å². The molecule has 0 atom stereocenters. The van der Waals surface area contributed by atoms with Gasteiger partial charge in [-0.2, -0.15) is 0 Å². The number of ether oxygens (including phenoxy) is 1. The Labute approximate surface area is 104 Å². The van der Waals surface area contributed by atoms with E-state index < -0.39 is 0 Å². The number of aryl methyl sites for hydroxylation is 1. The molecular weight excluding hydrogens is 238 g/mol. The van der Waals surface area contributed by atoms with Gasteiger partial charge in [-0.1, -0.05) is 17.7 Å². The summed E-state index contributed by atoms with van der Waals surface area (Å²) in [6, 6.07) is 5.51.